The second kappa shape index (κ2) is 8.20. The molecule has 118 valence electrons. The average Bonchev–Trinajstić information content (AvgIpc) is 2.55. The summed E-state index contributed by atoms with van der Waals surface area (Å²) in [6, 6.07) is 6.59. The molecule has 3 unspecified atom stereocenters. The molecule has 1 heterocycles. The lowest BCUT2D eigenvalue weighted by Crippen LogP contribution is -2.37. The molecule has 0 saturated carbocycles. The summed E-state index contributed by atoms with van der Waals surface area (Å²) < 4.78 is 10.8. The Morgan fingerprint density at radius 1 is 1.19 bits per heavy atom. The van der Waals surface area contributed by atoms with E-state index >= 15 is 0 Å². The number of nitrogens with one attached hydrogen (secondary N) is 1. The van der Waals surface area contributed by atoms with Crippen LogP contribution in [0.3, 0.4) is 0 Å². The molecule has 0 amide bonds. The van der Waals surface area contributed by atoms with Gasteiger partial charge in [-0.25, -0.2) is 0 Å². The molecule has 2 rings (SSSR count). The number of hydrogen-bond acceptors (Lipinski definition) is 5. The van der Waals surface area contributed by atoms with E-state index in [1.54, 1.807) is 14.2 Å². The fraction of sp³-hybridized carbons (Fsp3) is 0.625. The molecule has 3 atom stereocenters. The van der Waals surface area contributed by atoms with Crippen LogP contribution in [0.1, 0.15) is 24.9 Å². The Balaban J connectivity index is 2.27. The van der Waals surface area contributed by atoms with Crippen LogP contribution < -0.4 is 14.8 Å². The van der Waals surface area contributed by atoms with Gasteiger partial charge in [-0.05, 0) is 31.2 Å². The quantitative estimate of drug-likeness (QED) is 0.863. The summed E-state index contributed by atoms with van der Waals surface area (Å²) in [4.78, 5) is 0. The van der Waals surface area contributed by atoms with Crippen molar-refractivity contribution in [2.75, 3.05) is 32.8 Å². The molecule has 0 bridgehead atoms. The number of ether oxygens (including phenoxy) is 2. The van der Waals surface area contributed by atoms with Crippen LogP contribution in [0, 0.1) is 0 Å². The average molecular weight is 328 g/mol. The van der Waals surface area contributed by atoms with Crippen LogP contribution in [-0.4, -0.2) is 43.3 Å². The van der Waals surface area contributed by atoms with E-state index in [0.717, 1.165) is 11.5 Å². The number of benzene rings is 1. The Morgan fingerprint density at radius 2 is 1.90 bits per heavy atom. The lowest BCUT2D eigenvalue weighted by Gasteiger charge is -2.36. The summed E-state index contributed by atoms with van der Waals surface area (Å²) >= 11 is 4.20. The van der Waals surface area contributed by atoms with Crippen molar-refractivity contribution >= 4 is 23.5 Å². The van der Waals surface area contributed by atoms with Crippen molar-refractivity contribution < 1.29 is 9.47 Å². The highest BCUT2D eigenvalue weighted by atomic mass is 32.2. The Bertz CT molecular complexity index is 456. The summed E-state index contributed by atoms with van der Waals surface area (Å²) in [6.07, 6.45) is 1.22. The van der Waals surface area contributed by atoms with Crippen molar-refractivity contribution in [2.45, 2.75) is 29.9 Å². The van der Waals surface area contributed by atoms with Crippen molar-refractivity contribution in [2.24, 2.45) is 0 Å². The molecule has 1 aromatic rings. The second-order valence-electron chi connectivity index (χ2n) is 5.03. The molecule has 1 aromatic carbocycles. The smallest absolute Gasteiger partial charge is 0.161 e. The largest absolute Gasteiger partial charge is 0.493 e. The molecule has 1 N–H and O–H groups in total. The minimum atomic E-state index is 0.340. The van der Waals surface area contributed by atoms with E-state index in [2.05, 4.69) is 47.9 Å². The van der Waals surface area contributed by atoms with E-state index in [1.165, 1.54) is 23.5 Å². The van der Waals surface area contributed by atoms with Crippen LogP contribution in [0.15, 0.2) is 18.2 Å². The van der Waals surface area contributed by atoms with Gasteiger partial charge in [0.2, 0.25) is 0 Å². The summed E-state index contributed by atoms with van der Waals surface area (Å²) in [5, 5.41) is 4.81. The van der Waals surface area contributed by atoms with Gasteiger partial charge in [0.15, 0.2) is 11.5 Å². The third kappa shape index (κ3) is 3.82. The van der Waals surface area contributed by atoms with Crippen LogP contribution in [0.25, 0.3) is 0 Å². The second-order valence-corrected chi connectivity index (χ2v) is 7.67. The van der Waals surface area contributed by atoms with Crippen molar-refractivity contribution in [3.8, 4) is 11.5 Å². The molecule has 21 heavy (non-hydrogen) atoms. The van der Waals surface area contributed by atoms with Crippen LogP contribution in [-0.2, 0) is 0 Å². The minimum absolute atomic E-state index is 0.340. The van der Waals surface area contributed by atoms with Crippen molar-refractivity contribution in [3.05, 3.63) is 23.8 Å². The predicted octanol–water partition coefficient (Wildman–Crippen LogP) is 3.59. The lowest BCUT2D eigenvalue weighted by molar-refractivity contribution is 0.354. The van der Waals surface area contributed by atoms with Gasteiger partial charge >= 0.3 is 0 Å². The van der Waals surface area contributed by atoms with Crippen molar-refractivity contribution in [3.63, 3.8) is 0 Å². The van der Waals surface area contributed by atoms with Gasteiger partial charge in [-0.15, -0.1) is 0 Å². The number of thioether (sulfide) groups is 2. The number of hydrogen-bond donors (Lipinski definition) is 1. The standard InChI is InChI=1S/C16H25NO2S2/c1-5-14-16(21-9-8-20-14)15(17-2)11-6-7-12(18-3)13(10-11)19-4/h6-7,10,14-17H,5,8-9H2,1-4H3. The van der Waals surface area contributed by atoms with E-state index in [-0.39, 0.29) is 0 Å². The third-order valence-electron chi connectivity index (χ3n) is 3.90. The monoisotopic (exact) mass is 327 g/mol. The maximum absolute atomic E-state index is 5.45. The lowest BCUT2D eigenvalue weighted by atomic mass is 9.99. The van der Waals surface area contributed by atoms with Gasteiger partial charge in [-0.3, -0.25) is 0 Å². The molecule has 3 nitrogen and oxygen atoms in total. The molecule has 1 saturated heterocycles. The Kier molecular flexibility index (Phi) is 6.58. The zero-order chi connectivity index (χ0) is 15.2. The number of rotatable bonds is 6. The van der Waals surface area contributed by atoms with Crippen LogP contribution in [0.2, 0.25) is 0 Å². The topological polar surface area (TPSA) is 30.5 Å². The van der Waals surface area contributed by atoms with Gasteiger partial charge in [0.05, 0.1) is 14.2 Å². The maximum Gasteiger partial charge on any atom is 0.161 e. The molecule has 0 aliphatic carbocycles. The van der Waals surface area contributed by atoms with E-state index in [0.29, 0.717) is 16.5 Å². The zero-order valence-corrected chi connectivity index (χ0v) is 14.9. The van der Waals surface area contributed by atoms with Crippen LogP contribution >= 0.6 is 23.5 Å². The van der Waals surface area contributed by atoms with Crippen molar-refractivity contribution in [1.82, 2.24) is 5.32 Å². The fourth-order valence-electron chi connectivity index (χ4n) is 2.81. The molecular formula is C16H25NO2S2. The van der Waals surface area contributed by atoms with Crippen LogP contribution in [0.4, 0.5) is 0 Å². The summed E-state index contributed by atoms with van der Waals surface area (Å²) in [7, 11) is 5.41. The first-order valence-corrected chi connectivity index (χ1v) is 9.47. The predicted molar refractivity (Wildman–Crippen MR) is 94.1 cm³/mol. The highest BCUT2D eigenvalue weighted by Crippen LogP contribution is 2.41. The van der Waals surface area contributed by atoms with E-state index < -0.39 is 0 Å². The van der Waals surface area contributed by atoms with Gasteiger partial charge in [0.25, 0.3) is 0 Å². The van der Waals surface area contributed by atoms with Crippen molar-refractivity contribution in [1.29, 1.82) is 0 Å². The SMILES string of the molecule is CCC1SCCSC1C(NC)c1ccc(OC)c(OC)c1. The molecular weight excluding hydrogens is 302 g/mol. The molecule has 0 aromatic heterocycles. The molecule has 0 spiro atoms. The van der Waals surface area contributed by atoms with Crippen LogP contribution in [0.5, 0.6) is 11.5 Å². The fourth-order valence-corrected chi connectivity index (χ4v) is 6.11. The van der Waals surface area contributed by atoms with Gasteiger partial charge in [0, 0.05) is 28.0 Å². The first-order valence-electron chi connectivity index (χ1n) is 7.37. The molecule has 1 aliphatic rings. The number of methoxy groups -OCH3 is 2. The molecule has 5 heteroatoms. The van der Waals surface area contributed by atoms with E-state index in [4.69, 9.17) is 9.47 Å². The molecule has 1 fully saturated rings. The zero-order valence-electron chi connectivity index (χ0n) is 13.2. The van der Waals surface area contributed by atoms with E-state index in [9.17, 15) is 0 Å². The van der Waals surface area contributed by atoms with E-state index in [1.807, 2.05) is 13.1 Å². The Hall–Kier alpha value is -0.520. The minimum Gasteiger partial charge on any atom is -0.493 e. The molecule has 0 radical (unpaired) electrons. The maximum atomic E-state index is 5.45. The van der Waals surface area contributed by atoms with Gasteiger partial charge in [-0.1, -0.05) is 13.0 Å². The van der Waals surface area contributed by atoms with Gasteiger partial charge in [0.1, 0.15) is 0 Å². The highest BCUT2D eigenvalue weighted by molar-refractivity contribution is 8.07. The Morgan fingerprint density at radius 3 is 2.52 bits per heavy atom. The first-order chi connectivity index (χ1) is 10.2. The van der Waals surface area contributed by atoms with Gasteiger partial charge < -0.3 is 14.8 Å². The van der Waals surface area contributed by atoms with Gasteiger partial charge in [-0.2, -0.15) is 23.5 Å². The summed E-state index contributed by atoms with van der Waals surface area (Å²) in [5.41, 5.74) is 1.27. The summed E-state index contributed by atoms with van der Waals surface area (Å²) in [5.74, 6) is 4.09. The first kappa shape index (κ1) is 16.8. The normalized spacial score (nSPS) is 23.6. The summed E-state index contributed by atoms with van der Waals surface area (Å²) in [6.45, 7) is 2.29. The molecule has 1 aliphatic heterocycles. The Labute approximate surface area is 136 Å². The highest BCUT2D eigenvalue weighted by Gasteiger charge is 2.32. The third-order valence-corrected chi connectivity index (χ3v) is 7.25.